The molecule has 0 aliphatic heterocycles. The minimum absolute atomic E-state index is 0.0761. The van der Waals surface area contributed by atoms with Gasteiger partial charge in [-0.3, -0.25) is 4.98 Å². The predicted molar refractivity (Wildman–Crippen MR) is 76.8 cm³/mol. The lowest BCUT2D eigenvalue weighted by Gasteiger charge is -2.06. The number of aromatic nitrogens is 1. The maximum Gasteiger partial charge on any atom is 0.417 e. The summed E-state index contributed by atoms with van der Waals surface area (Å²) in [5.41, 5.74) is -0.187. The second-order valence-corrected chi connectivity index (χ2v) is 5.13. The summed E-state index contributed by atoms with van der Waals surface area (Å²) in [5, 5.41) is 9.13. The molecule has 0 fully saturated rings. The maximum absolute atomic E-state index is 13.1. The van der Waals surface area contributed by atoms with Gasteiger partial charge in [0.25, 0.3) is 0 Å². The van der Waals surface area contributed by atoms with Gasteiger partial charge in [0.15, 0.2) is 0 Å². The number of allylic oxidation sites excluding steroid dienone is 1. The Hall–Kier alpha value is -2.20. The highest BCUT2D eigenvalue weighted by Gasteiger charge is 2.30. The molecule has 0 unspecified atom stereocenters. The predicted octanol–water partition coefficient (Wildman–Crippen LogP) is 5.07. The summed E-state index contributed by atoms with van der Waals surface area (Å²) < 4.78 is 50.8. The van der Waals surface area contributed by atoms with Crippen LogP contribution < -0.4 is 0 Å². The Labute approximate surface area is 131 Å². The molecule has 0 saturated carbocycles. The Kier molecular flexibility index (Phi) is 4.62. The highest BCUT2D eigenvalue weighted by atomic mass is 79.9. The van der Waals surface area contributed by atoms with Gasteiger partial charge in [0.2, 0.25) is 0 Å². The number of pyridine rings is 1. The summed E-state index contributed by atoms with van der Waals surface area (Å²) in [7, 11) is 0. The maximum atomic E-state index is 13.1. The highest BCUT2D eigenvalue weighted by molar-refractivity contribution is 9.10. The molecule has 2 rings (SSSR count). The lowest BCUT2D eigenvalue weighted by molar-refractivity contribution is -0.137. The van der Waals surface area contributed by atoms with Crippen LogP contribution in [0.3, 0.4) is 0 Å². The first-order valence-corrected chi connectivity index (χ1v) is 6.71. The molecule has 22 heavy (non-hydrogen) atoms. The van der Waals surface area contributed by atoms with Crippen LogP contribution in [0.1, 0.15) is 16.8 Å². The Morgan fingerprint density at radius 3 is 2.45 bits per heavy atom. The third kappa shape index (κ3) is 3.71. The summed E-state index contributed by atoms with van der Waals surface area (Å²) >= 11 is 3.02. The van der Waals surface area contributed by atoms with Gasteiger partial charge in [0, 0.05) is 6.20 Å². The van der Waals surface area contributed by atoms with Crippen LogP contribution in [0, 0.1) is 17.1 Å². The van der Waals surface area contributed by atoms with Crippen LogP contribution in [-0.2, 0) is 6.18 Å². The van der Waals surface area contributed by atoms with Crippen molar-refractivity contribution in [3.63, 3.8) is 0 Å². The average Bonchev–Trinajstić information content (AvgIpc) is 2.47. The van der Waals surface area contributed by atoms with E-state index in [9.17, 15) is 17.6 Å². The van der Waals surface area contributed by atoms with Gasteiger partial charge in [-0.15, -0.1) is 0 Å². The summed E-state index contributed by atoms with van der Waals surface area (Å²) in [4.78, 5) is 3.66. The zero-order valence-corrected chi connectivity index (χ0v) is 12.4. The van der Waals surface area contributed by atoms with E-state index in [0.29, 0.717) is 11.8 Å². The molecule has 0 aliphatic carbocycles. The number of nitriles is 1. The topological polar surface area (TPSA) is 36.7 Å². The van der Waals surface area contributed by atoms with Crippen molar-refractivity contribution in [3.05, 3.63) is 63.6 Å². The van der Waals surface area contributed by atoms with Gasteiger partial charge < -0.3 is 0 Å². The lowest BCUT2D eigenvalue weighted by atomic mass is 10.1. The smallest absolute Gasteiger partial charge is 0.255 e. The molecule has 112 valence electrons. The van der Waals surface area contributed by atoms with Crippen molar-refractivity contribution in [3.8, 4) is 6.07 Å². The molecule has 0 bridgehead atoms. The zero-order chi connectivity index (χ0) is 16.3. The van der Waals surface area contributed by atoms with Gasteiger partial charge in [0.1, 0.15) is 11.9 Å². The molecule has 1 aromatic carbocycles. The second kappa shape index (κ2) is 6.28. The Balaban J connectivity index is 2.37. The van der Waals surface area contributed by atoms with Gasteiger partial charge in [-0.25, -0.2) is 4.39 Å². The van der Waals surface area contributed by atoms with Gasteiger partial charge in [-0.2, -0.15) is 18.4 Å². The molecular weight excluding hydrogens is 364 g/mol. The zero-order valence-electron chi connectivity index (χ0n) is 10.8. The van der Waals surface area contributed by atoms with E-state index in [4.69, 9.17) is 5.26 Å². The Morgan fingerprint density at radius 2 is 1.95 bits per heavy atom. The number of alkyl halides is 3. The van der Waals surface area contributed by atoms with E-state index in [0.717, 1.165) is 12.1 Å². The molecule has 0 saturated heterocycles. The largest absolute Gasteiger partial charge is 0.417 e. The van der Waals surface area contributed by atoms with Crippen molar-refractivity contribution in [2.75, 3.05) is 0 Å². The molecule has 2 aromatic rings. The van der Waals surface area contributed by atoms with E-state index >= 15 is 0 Å². The first kappa shape index (κ1) is 16.2. The van der Waals surface area contributed by atoms with Crippen LogP contribution >= 0.6 is 15.9 Å². The fourth-order valence-corrected chi connectivity index (χ4v) is 2.05. The normalized spacial score (nSPS) is 12.1. The minimum atomic E-state index is -4.48. The Morgan fingerprint density at radius 1 is 1.23 bits per heavy atom. The van der Waals surface area contributed by atoms with E-state index in [-0.39, 0.29) is 15.7 Å². The average molecular weight is 371 g/mol. The number of rotatable bonds is 2. The fraction of sp³-hybridized carbons (Fsp3) is 0.0667. The Bertz CT molecular complexity index is 759. The minimum Gasteiger partial charge on any atom is -0.255 e. The SMILES string of the molecule is N#C/C(=C\c1ccc(F)c(Br)c1)c1ccc(C(F)(F)F)cn1. The van der Waals surface area contributed by atoms with Gasteiger partial charge in [-0.1, -0.05) is 6.07 Å². The van der Waals surface area contributed by atoms with Crippen LogP contribution in [0.15, 0.2) is 41.0 Å². The van der Waals surface area contributed by atoms with E-state index in [2.05, 4.69) is 20.9 Å². The third-order valence-corrected chi connectivity index (χ3v) is 3.35. The van der Waals surface area contributed by atoms with Gasteiger partial charge in [-0.05, 0) is 51.8 Å². The summed E-state index contributed by atoms with van der Waals surface area (Å²) in [5.74, 6) is -0.455. The molecule has 2 nitrogen and oxygen atoms in total. The molecular formula is C15H7BrF4N2. The van der Waals surface area contributed by atoms with E-state index < -0.39 is 17.6 Å². The molecule has 1 aromatic heterocycles. The molecule has 0 spiro atoms. The molecule has 1 heterocycles. The quantitative estimate of drug-likeness (QED) is 0.546. The lowest BCUT2D eigenvalue weighted by Crippen LogP contribution is -2.05. The van der Waals surface area contributed by atoms with Crippen molar-refractivity contribution in [2.45, 2.75) is 6.18 Å². The molecule has 0 atom stereocenters. The van der Waals surface area contributed by atoms with Crippen molar-refractivity contribution < 1.29 is 17.6 Å². The number of hydrogen-bond acceptors (Lipinski definition) is 2. The van der Waals surface area contributed by atoms with Crippen LogP contribution in [-0.4, -0.2) is 4.98 Å². The summed E-state index contributed by atoms with van der Waals surface area (Å²) in [6.07, 6.45) is -2.40. The number of nitrogens with zero attached hydrogens (tertiary/aromatic N) is 2. The second-order valence-electron chi connectivity index (χ2n) is 4.27. The van der Waals surface area contributed by atoms with E-state index in [1.165, 1.54) is 24.3 Å². The van der Waals surface area contributed by atoms with E-state index in [1.54, 1.807) is 0 Å². The molecule has 0 N–H and O–H groups in total. The first-order chi connectivity index (χ1) is 10.3. The highest BCUT2D eigenvalue weighted by Crippen LogP contribution is 2.29. The van der Waals surface area contributed by atoms with Crippen LogP contribution in [0.5, 0.6) is 0 Å². The monoisotopic (exact) mass is 370 g/mol. The van der Waals surface area contributed by atoms with Crippen molar-refractivity contribution >= 4 is 27.6 Å². The van der Waals surface area contributed by atoms with Crippen LogP contribution in [0.2, 0.25) is 0 Å². The fourth-order valence-electron chi connectivity index (χ4n) is 1.65. The van der Waals surface area contributed by atoms with Crippen molar-refractivity contribution in [1.29, 1.82) is 5.26 Å². The van der Waals surface area contributed by atoms with E-state index in [1.807, 2.05) is 6.07 Å². The molecule has 0 radical (unpaired) electrons. The number of benzene rings is 1. The standard InChI is InChI=1S/C15H7BrF4N2/c16-12-6-9(1-3-13(12)17)5-10(7-21)14-4-2-11(8-22-14)15(18,19)20/h1-6,8H/b10-5+. The summed E-state index contributed by atoms with van der Waals surface area (Å²) in [6, 6.07) is 7.96. The van der Waals surface area contributed by atoms with Crippen LogP contribution in [0.25, 0.3) is 11.6 Å². The summed E-state index contributed by atoms with van der Waals surface area (Å²) in [6.45, 7) is 0. The van der Waals surface area contributed by atoms with Gasteiger partial charge >= 0.3 is 6.18 Å². The van der Waals surface area contributed by atoms with Gasteiger partial charge in [0.05, 0.1) is 21.3 Å². The van der Waals surface area contributed by atoms with Crippen molar-refractivity contribution in [2.24, 2.45) is 0 Å². The van der Waals surface area contributed by atoms with Crippen LogP contribution in [0.4, 0.5) is 17.6 Å². The molecule has 0 amide bonds. The first-order valence-electron chi connectivity index (χ1n) is 5.92. The molecule has 7 heteroatoms. The van der Waals surface area contributed by atoms with Crippen molar-refractivity contribution in [1.82, 2.24) is 4.98 Å². The molecule has 0 aliphatic rings. The number of halogens is 5. The number of hydrogen-bond donors (Lipinski definition) is 0. The third-order valence-electron chi connectivity index (χ3n) is 2.74.